The lowest BCUT2D eigenvalue weighted by Gasteiger charge is -2.20. The average molecular weight is 281 g/mol. The van der Waals surface area contributed by atoms with E-state index in [1.165, 1.54) is 11.3 Å². The Hall–Kier alpha value is -2.16. The van der Waals surface area contributed by atoms with Crippen molar-refractivity contribution >= 4 is 17.1 Å². The van der Waals surface area contributed by atoms with Crippen molar-refractivity contribution in [1.29, 1.82) is 0 Å². The molecule has 21 heavy (non-hydrogen) atoms. The molecule has 0 radical (unpaired) electrons. The Morgan fingerprint density at radius 3 is 2.10 bits per heavy atom. The zero-order valence-corrected chi connectivity index (χ0v) is 13.3. The van der Waals surface area contributed by atoms with Crippen LogP contribution in [0.25, 0.3) is 0 Å². The van der Waals surface area contributed by atoms with Gasteiger partial charge < -0.3 is 4.90 Å². The molecule has 0 heterocycles. The van der Waals surface area contributed by atoms with Crippen molar-refractivity contribution in [3.8, 4) is 0 Å². The summed E-state index contributed by atoms with van der Waals surface area (Å²) in [5.41, 5.74) is 5.43. The van der Waals surface area contributed by atoms with Gasteiger partial charge in [0, 0.05) is 18.8 Å². The monoisotopic (exact) mass is 281 g/mol. The summed E-state index contributed by atoms with van der Waals surface area (Å²) in [6, 6.07) is 14.4. The highest BCUT2D eigenvalue weighted by atomic mass is 15.1. The van der Waals surface area contributed by atoms with Crippen LogP contribution in [0.2, 0.25) is 0 Å². The summed E-state index contributed by atoms with van der Waals surface area (Å²) in [6.45, 7) is 10.5. The molecule has 0 saturated heterocycles. The number of anilines is 1. The predicted octanol–water partition coefficient (Wildman–Crippen LogP) is 5.57. The zero-order chi connectivity index (χ0) is 15.2. The highest BCUT2D eigenvalue weighted by molar-refractivity contribution is 5.53. The van der Waals surface area contributed by atoms with E-state index in [9.17, 15) is 0 Å². The lowest BCUT2D eigenvalue weighted by atomic mass is 10.1. The van der Waals surface area contributed by atoms with Crippen LogP contribution in [-0.4, -0.2) is 13.1 Å². The molecule has 0 spiro atoms. The molecule has 0 atom stereocenters. The van der Waals surface area contributed by atoms with Gasteiger partial charge in [-0.2, -0.15) is 10.2 Å². The summed E-state index contributed by atoms with van der Waals surface area (Å²) in [6.07, 6.45) is 0. The van der Waals surface area contributed by atoms with Gasteiger partial charge in [0.2, 0.25) is 0 Å². The number of nitrogens with zero attached hydrogens (tertiary/aromatic N) is 3. The van der Waals surface area contributed by atoms with E-state index in [0.717, 1.165) is 30.0 Å². The first kappa shape index (κ1) is 15.2. The third-order valence-corrected chi connectivity index (χ3v) is 3.60. The molecule has 0 aliphatic heterocycles. The maximum absolute atomic E-state index is 4.34. The van der Waals surface area contributed by atoms with E-state index in [-0.39, 0.29) is 0 Å². The van der Waals surface area contributed by atoms with Crippen molar-refractivity contribution in [2.75, 3.05) is 18.0 Å². The van der Waals surface area contributed by atoms with Crippen LogP contribution in [0.4, 0.5) is 17.1 Å². The second-order valence-electron chi connectivity index (χ2n) is 5.18. The van der Waals surface area contributed by atoms with Gasteiger partial charge in [-0.15, -0.1) is 0 Å². The number of rotatable bonds is 5. The summed E-state index contributed by atoms with van der Waals surface area (Å²) in [5.74, 6) is 0. The fourth-order valence-electron chi connectivity index (χ4n) is 2.35. The predicted molar refractivity (Wildman–Crippen MR) is 90.1 cm³/mol. The first-order valence-electron chi connectivity index (χ1n) is 7.48. The standard InChI is InChI=1S/C18H23N3/c1-5-21(6-2)17-10-8-16(9-11-17)19-20-18-12-7-14(3)13-15(18)4/h7-13H,5-6H2,1-4H3. The summed E-state index contributed by atoms with van der Waals surface area (Å²) in [5, 5.41) is 8.67. The summed E-state index contributed by atoms with van der Waals surface area (Å²) in [7, 11) is 0. The molecule has 0 aliphatic carbocycles. The van der Waals surface area contributed by atoms with Gasteiger partial charge in [0.25, 0.3) is 0 Å². The Morgan fingerprint density at radius 1 is 0.857 bits per heavy atom. The lowest BCUT2D eigenvalue weighted by molar-refractivity contribution is 0.866. The van der Waals surface area contributed by atoms with Crippen LogP contribution in [0.1, 0.15) is 25.0 Å². The van der Waals surface area contributed by atoms with Crippen molar-refractivity contribution in [1.82, 2.24) is 0 Å². The average Bonchev–Trinajstić information content (AvgIpc) is 2.49. The molecule has 3 nitrogen and oxygen atoms in total. The van der Waals surface area contributed by atoms with Gasteiger partial charge in [0.1, 0.15) is 0 Å². The van der Waals surface area contributed by atoms with Crippen molar-refractivity contribution in [2.24, 2.45) is 10.2 Å². The van der Waals surface area contributed by atoms with E-state index in [0.29, 0.717) is 0 Å². The SMILES string of the molecule is CCN(CC)c1ccc(N=Nc2ccc(C)cc2C)cc1. The molecule has 2 rings (SSSR count). The van der Waals surface area contributed by atoms with Crippen molar-refractivity contribution in [3.05, 3.63) is 53.6 Å². The minimum atomic E-state index is 0.880. The van der Waals surface area contributed by atoms with Crippen LogP contribution in [0, 0.1) is 13.8 Å². The minimum Gasteiger partial charge on any atom is -0.372 e. The Kier molecular flexibility index (Phi) is 5.09. The Balaban J connectivity index is 2.14. The highest BCUT2D eigenvalue weighted by Gasteiger charge is 2.01. The quantitative estimate of drug-likeness (QED) is 0.659. The van der Waals surface area contributed by atoms with Crippen molar-refractivity contribution < 1.29 is 0 Å². The van der Waals surface area contributed by atoms with E-state index in [2.05, 4.69) is 67.1 Å². The number of hydrogen-bond donors (Lipinski definition) is 0. The molecule has 2 aromatic rings. The maximum atomic E-state index is 4.34. The molecular formula is C18H23N3. The van der Waals surface area contributed by atoms with Gasteiger partial charge >= 0.3 is 0 Å². The molecule has 0 amide bonds. The smallest absolute Gasteiger partial charge is 0.0886 e. The van der Waals surface area contributed by atoms with Gasteiger partial charge in [0.15, 0.2) is 0 Å². The van der Waals surface area contributed by atoms with Gasteiger partial charge in [-0.05, 0) is 63.6 Å². The zero-order valence-electron chi connectivity index (χ0n) is 13.3. The third-order valence-electron chi connectivity index (χ3n) is 3.60. The molecule has 0 aliphatic rings. The topological polar surface area (TPSA) is 28.0 Å². The van der Waals surface area contributed by atoms with Crippen LogP contribution >= 0.6 is 0 Å². The van der Waals surface area contributed by atoms with Crippen LogP contribution in [-0.2, 0) is 0 Å². The normalized spacial score (nSPS) is 11.0. The second-order valence-corrected chi connectivity index (χ2v) is 5.18. The van der Waals surface area contributed by atoms with E-state index < -0.39 is 0 Å². The fraction of sp³-hybridized carbons (Fsp3) is 0.333. The van der Waals surface area contributed by atoms with Crippen LogP contribution in [0.5, 0.6) is 0 Å². The van der Waals surface area contributed by atoms with E-state index in [1.807, 2.05) is 18.2 Å². The molecule has 0 bridgehead atoms. The van der Waals surface area contributed by atoms with Gasteiger partial charge in [-0.25, -0.2) is 0 Å². The lowest BCUT2D eigenvalue weighted by Crippen LogP contribution is -2.21. The number of benzene rings is 2. The molecule has 110 valence electrons. The van der Waals surface area contributed by atoms with Crippen molar-refractivity contribution in [3.63, 3.8) is 0 Å². The number of hydrogen-bond acceptors (Lipinski definition) is 3. The molecule has 2 aromatic carbocycles. The van der Waals surface area contributed by atoms with E-state index >= 15 is 0 Å². The fourth-order valence-corrected chi connectivity index (χ4v) is 2.35. The van der Waals surface area contributed by atoms with Gasteiger partial charge in [-0.3, -0.25) is 0 Å². The van der Waals surface area contributed by atoms with E-state index in [1.54, 1.807) is 0 Å². The van der Waals surface area contributed by atoms with Crippen molar-refractivity contribution in [2.45, 2.75) is 27.7 Å². The molecule has 0 fully saturated rings. The molecule has 0 N–H and O–H groups in total. The van der Waals surface area contributed by atoms with Crippen LogP contribution < -0.4 is 4.90 Å². The first-order valence-corrected chi connectivity index (χ1v) is 7.48. The highest BCUT2D eigenvalue weighted by Crippen LogP contribution is 2.24. The Morgan fingerprint density at radius 2 is 1.52 bits per heavy atom. The summed E-state index contributed by atoms with van der Waals surface area (Å²) >= 11 is 0. The summed E-state index contributed by atoms with van der Waals surface area (Å²) < 4.78 is 0. The van der Waals surface area contributed by atoms with Gasteiger partial charge in [0.05, 0.1) is 11.4 Å². The van der Waals surface area contributed by atoms with Crippen LogP contribution in [0.15, 0.2) is 52.7 Å². The molecule has 3 heteroatoms. The number of aryl methyl sites for hydroxylation is 2. The minimum absolute atomic E-state index is 0.880. The molecular weight excluding hydrogens is 258 g/mol. The Labute approximate surface area is 127 Å². The molecule has 0 aromatic heterocycles. The van der Waals surface area contributed by atoms with Gasteiger partial charge in [-0.1, -0.05) is 17.7 Å². The third kappa shape index (κ3) is 3.91. The van der Waals surface area contributed by atoms with Crippen LogP contribution in [0.3, 0.4) is 0 Å². The van der Waals surface area contributed by atoms with E-state index in [4.69, 9.17) is 0 Å². The largest absolute Gasteiger partial charge is 0.372 e. The summed E-state index contributed by atoms with van der Waals surface area (Å²) in [4.78, 5) is 2.31. The maximum Gasteiger partial charge on any atom is 0.0886 e. The second kappa shape index (κ2) is 7.02. The first-order chi connectivity index (χ1) is 10.1. The number of azo groups is 1. The molecule has 0 saturated carbocycles. The Bertz CT molecular complexity index is 611. The molecule has 0 unspecified atom stereocenters.